The van der Waals surface area contributed by atoms with Crippen LogP contribution in [0, 0.1) is 6.92 Å². The number of ether oxygens (including phenoxy) is 1. The van der Waals surface area contributed by atoms with Crippen molar-refractivity contribution in [2.45, 2.75) is 6.92 Å². The molecule has 1 aliphatic heterocycles. The number of fused-ring (bicyclic) bond motifs is 1. The van der Waals surface area contributed by atoms with Gasteiger partial charge in [-0.15, -0.1) is 0 Å². The van der Waals surface area contributed by atoms with Crippen LogP contribution in [0.2, 0.25) is 0 Å². The SMILES string of the molecule is COc1cccc(N2CCN(C(=O)c3cnc4ccc(C)cn4c3=O)CC2)c1. The summed E-state index contributed by atoms with van der Waals surface area (Å²) in [4.78, 5) is 33.9. The van der Waals surface area contributed by atoms with Crippen molar-refractivity contribution >= 4 is 17.2 Å². The Hall–Kier alpha value is -3.35. The molecule has 3 heterocycles. The van der Waals surface area contributed by atoms with Crippen molar-refractivity contribution in [1.29, 1.82) is 0 Å². The normalized spacial score (nSPS) is 14.4. The molecule has 0 spiro atoms. The Morgan fingerprint density at radius 3 is 2.64 bits per heavy atom. The van der Waals surface area contributed by atoms with E-state index in [1.54, 1.807) is 24.3 Å². The van der Waals surface area contributed by atoms with Gasteiger partial charge in [0.25, 0.3) is 11.5 Å². The standard InChI is InChI=1S/C21H22N4O3/c1-15-6-7-19-22-13-18(21(27)25(19)14-15)20(26)24-10-8-23(9-11-24)16-4-3-5-17(12-16)28-2/h3-7,12-14H,8-11H2,1-2H3. The van der Waals surface area contributed by atoms with Crippen molar-refractivity contribution in [2.75, 3.05) is 38.2 Å². The number of piperazine rings is 1. The minimum absolute atomic E-state index is 0.109. The van der Waals surface area contributed by atoms with Crippen LogP contribution >= 0.6 is 0 Å². The maximum atomic E-state index is 12.9. The molecular formula is C21H22N4O3. The molecule has 28 heavy (non-hydrogen) atoms. The van der Waals surface area contributed by atoms with Gasteiger partial charge in [-0.2, -0.15) is 0 Å². The Morgan fingerprint density at radius 2 is 1.89 bits per heavy atom. The second-order valence-electron chi connectivity index (χ2n) is 6.89. The van der Waals surface area contributed by atoms with Gasteiger partial charge < -0.3 is 14.5 Å². The molecule has 3 aromatic rings. The molecule has 1 fully saturated rings. The van der Waals surface area contributed by atoms with E-state index < -0.39 is 0 Å². The average Bonchev–Trinajstić information content (AvgIpc) is 2.74. The fourth-order valence-electron chi connectivity index (χ4n) is 3.47. The first-order valence-electron chi connectivity index (χ1n) is 9.23. The maximum absolute atomic E-state index is 12.9. The van der Waals surface area contributed by atoms with E-state index in [1.807, 2.05) is 37.3 Å². The second-order valence-corrected chi connectivity index (χ2v) is 6.89. The fourth-order valence-corrected chi connectivity index (χ4v) is 3.47. The zero-order valence-corrected chi connectivity index (χ0v) is 16.0. The van der Waals surface area contributed by atoms with Crippen LogP contribution in [-0.4, -0.2) is 53.5 Å². The van der Waals surface area contributed by atoms with Gasteiger partial charge in [0, 0.05) is 50.3 Å². The highest BCUT2D eigenvalue weighted by Crippen LogP contribution is 2.22. The van der Waals surface area contributed by atoms with Gasteiger partial charge in [-0.05, 0) is 30.7 Å². The van der Waals surface area contributed by atoms with Crippen molar-refractivity contribution in [3.05, 3.63) is 70.3 Å². The third-order valence-corrected chi connectivity index (χ3v) is 5.07. The summed E-state index contributed by atoms with van der Waals surface area (Å²) in [5.74, 6) is 0.542. The summed E-state index contributed by atoms with van der Waals surface area (Å²) in [5, 5.41) is 0. The van der Waals surface area contributed by atoms with Gasteiger partial charge in [0.1, 0.15) is 17.0 Å². The van der Waals surface area contributed by atoms with Gasteiger partial charge in [0.2, 0.25) is 0 Å². The average molecular weight is 378 g/mol. The third-order valence-electron chi connectivity index (χ3n) is 5.07. The number of pyridine rings is 1. The molecule has 0 bridgehead atoms. The molecule has 0 unspecified atom stereocenters. The number of methoxy groups -OCH3 is 1. The largest absolute Gasteiger partial charge is 0.497 e. The van der Waals surface area contributed by atoms with E-state index in [9.17, 15) is 9.59 Å². The molecule has 0 radical (unpaired) electrons. The summed E-state index contributed by atoms with van der Waals surface area (Å²) in [7, 11) is 1.65. The van der Waals surface area contributed by atoms with E-state index >= 15 is 0 Å². The lowest BCUT2D eigenvalue weighted by Crippen LogP contribution is -2.49. The molecule has 1 aromatic carbocycles. The topological polar surface area (TPSA) is 67.2 Å². The quantitative estimate of drug-likeness (QED) is 0.697. The van der Waals surface area contributed by atoms with E-state index in [0.29, 0.717) is 31.8 Å². The van der Waals surface area contributed by atoms with E-state index in [2.05, 4.69) is 9.88 Å². The van der Waals surface area contributed by atoms with Gasteiger partial charge in [0.05, 0.1) is 7.11 Å². The molecule has 0 saturated carbocycles. The van der Waals surface area contributed by atoms with Crippen molar-refractivity contribution in [3.63, 3.8) is 0 Å². The number of carbonyl (C=O) groups is 1. The summed E-state index contributed by atoms with van der Waals surface area (Å²) >= 11 is 0. The third kappa shape index (κ3) is 3.31. The number of benzene rings is 1. The van der Waals surface area contributed by atoms with Crippen LogP contribution in [0.3, 0.4) is 0 Å². The Balaban J connectivity index is 1.52. The Kier molecular flexibility index (Phi) is 4.73. The predicted octanol–water partition coefficient (Wildman–Crippen LogP) is 1.97. The highest BCUT2D eigenvalue weighted by Gasteiger charge is 2.25. The smallest absolute Gasteiger partial charge is 0.270 e. The lowest BCUT2D eigenvalue weighted by Gasteiger charge is -2.36. The first-order valence-corrected chi connectivity index (χ1v) is 9.23. The summed E-state index contributed by atoms with van der Waals surface area (Å²) < 4.78 is 6.72. The zero-order valence-electron chi connectivity index (χ0n) is 16.0. The van der Waals surface area contributed by atoms with Gasteiger partial charge >= 0.3 is 0 Å². The van der Waals surface area contributed by atoms with Crippen LogP contribution in [0.1, 0.15) is 15.9 Å². The van der Waals surface area contributed by atoms with Crippen molar-refractivity contribution in [2.24, 2.45) is 0 Å². The van der Waals surface area contributed by atoms with Crippen molar-refractivity contribution in [1.82, 2.24) is 14.3 Å². The van der Waals surface area contributed by atoms with Crippen LogP contribution in [0.4, 0.5) is 5.69 Å². The molecule has 7 nitrogen and oxygen atoms in total. The second kappa shape index (κ2) is 7.34. The molecule has 1 aliphatic rings. The van der Waals surface area contributed by atoms with Crippen LogP contribution in [-0.2, 0) is 0 Å². The minimum atomic E-state index is -0.325. The predicted molar refractivity (Wildman–Crippen MR) is 107 cm³/mol. The van der Waals surface area contributed by atoms with E-state index in [-0.39, 0.29) is 17.0 Å². The molecular weight excluding hydrogens is 356 g/mol. The van der Waals surface area contributed by atoms with Crippen LogP contribution in [0.15, 0.2) is 53.6 Å². The number of hydrogen-bond acceptors (Lipinski definition) is 5. The van der Waals surface area contributed by atoms with Gasteiger partial charge in [0.15, 0.2) is 0 Å². The van der Waals surface area contributed by atoms with Crippen LogP contribution in [0.25, 0.3) is 5.65 Å². The van der Waals surface area contributed by atoms with Crippen molar-refractivity contribution < 1.29 is 9.53 Å². The van der Waals surface area contributed by atoms with Crippen molar-refractivity contribution in [3.8, 4) is 5.75 Å². The van der Waals surface area contributed by atoms with E-state index in [1.165, 1.54) is 10.6 Å². The molecule has 0 aliphatic carbocycles. The van der Waals surface area contributed by atoms with Gasteiger partial charge in [-0.3, -0.25) is 14.0 Å². The number of rotatable bonds is 3. The summed E-state index contributed by atoms with van der Waals surface area (Å²) in [6.07, 6.45) is 3.10. The summed E-state index contributed by atoms with van der Waals surface area (Å²) in [6.45, 7) is 4.39. The van der Waals surface area contributed by atoms with E-state index in [4.69, 9.17) is 4.74 Å². The number of aromatic nitrogens is 2. The summed E-state index contributed by atoms with van der Waals surface area (Å²) in [6, 6.07) is 11.5. The number of amides is 1. The number of hydrogen-bond donors (Lipinski definition) is 0. The monoisotopic (exact) mass is 378 g/mol. The summed E-state index contributed by atoms with van der Waals surface area (Å²) in [5.41, 5.74) is 2.32. The highest BCUT2D eigenvalue weighted by molar-refractivity contribution is 5.94. The molecule has 4 rings (SSSR count). The Labute approximate surface area is 162 Å². The first-order chi connectivity index (χ1) is 13.6. The molecule has 1 saturated heterocycles. The number of aryl methyl sites for hydroxylation is 1. The van der Waals surface area contributed by atoms with Gasteiger partial charge in [-0.25, -0.2) is 4.98 Å². The highest BCUT2D eigenvalue weighted by atomic mass is 16.5. The molecule has 7 heteroatoms. The molecule has 0 atom stereocenters. The molecule has 2 aromatic heterocycles. The first kappa shape index (κ1) is 18.0. The zero-order chi connectivity index (χ0) is 19.7. The lowest BCUT2D eigenvalue weighted by molar-refractivity contribution is 0.0744. The minimum Gasteiger partial charge on any atom is -0.497 e. The Morgan fingerprint density at radius 1 is 1.11 bits per heavy atom. The number of carbonyl (C=O) groups excluding carboxylic acids is 1. The number of nitrogens with zero attached hydrogens (tertiary/aromatic N) is 4. The van der Waals surface area contributed by atoms with Crippen LogP contribution in [0.5, 0.6) is 5.75 Å². The van der Waals surface area contributed by atoms with Gasteiger partial charge in [-0.1, -0.05) is 12.1 Å². The molecule has 0 N–H and O–H groups in total. The Bertz CT molecular complexity index is 1080. The number of anilines is 1. The van der Waals surface area contributed by atoms with Crippen LogP contribution < -0.4 is 15.2 Å². The fraction of sp³-hybridized carbons (Fsp3) is 0.286. The molecule has 1 amide bonds. The maximum Gasteiger partial charge on any atom is 0.270 e. The van der Waals surface area contributed by atoms with E-state index in [0.717, 1.165) is 17.0 Å². The molecule has 144 valence electrons. The lowest BCUT2D eigenvalue weighted by atomic mass is 10.2.